The summed E-state index contributed by atoms with van der Waals surface area (Å²) in [7, 11) is 3.82. The summed E-state index contributed by atoms with van der Waals surface area (Å²) < 4.78 is 7.32. The number of likely N-dealkylation sites (tertiary alicyclic amines) is 1. The molecule has 1 aliphatic rings. The van der Waals surface area contributed by atoms with Gasteiger partial charge in [-0.15, -0.1) is 0 Å². The molecule has 22 heavy (non-hydrogen) atoms. The van der Waals surface area contributed by atoms with Gasteiger partial charge >= 0.3 is 0 Å². The lowest BCUT2D eigenvalue weighted by Gasteiger charge is -2.39. The number of furan rings is 1. The van der Waals surface area contributed by atoms with Crippen molar-refractivity contribution in [3.8, 4) is 0 Å². The molecule has 0 bridgehead atoms. The van der Waals surface area contributed by atoms with Gasteiger partial charge in [-0.25, -0.2) is 4.98 Å². The molecule has 0 aromatic carbocycles. The Bertz CT molecular complexity index is 661. The monoisotopic (exact) mass is 302 g/mol. The maximum Gasteiger partial charge on any atom is 0.223 e. The number of aryl methyl sites for hydroxylation is 2. The Labute approximate surface area is 130 Å². The number of imidazole rings is 1. The van der Waals surface area contributed by atoms with E-state index in [1.165, 1.54) is 0 Å². The Kier molecular flexibility index (Phi) is 4.02. The van der Waals surface area contributed by atoms with Crippen LogP contribution in [0.15, 0.2) is 29.1 Å². The van der Waals surface area contributed by atoms with Crippen LogP contribution in [0.25, 0.3) is 0 Å². The smallest absolute Gasteiger partial charge is 0.223 e. The van der Waals surface area contributed by atoms with Gasteiger partial charge in [-0.1, -0.05) is 0 Å². The maximum absolute atomic E-state index is 12.1. The van der Waals surface area contributed by atoms with Crippen molar-refractivity contribution in [2.24, 2.45) is 7.05 Å². The van der Waals surface area contributed by atoms with Crippen LogP contribution in [-0.2, 0) is 18.4 Å². The molecule has 0 radical (unpaired) electrons. The second kappa shape index (κ2) is 5.96. The van der Waals surface area contributed by atoms with Crippen LogP contribution in [0.1, 0.15) is 36.0 Å². The van der Waals surface area contributed by atoms with Crippen LogP contribution in [0.5, 0.6) is 0 Å². The molecule has 1 aliphatic heterocycles. The van der Waals surface area contributed by atoms with Crippen LogP contribution in [0.2, 0.25) is 0 Å². The van der Waals surface area contributed by atoms with Gasteiger partial charge in [0, 0.05) is 51.1 Å². The predicted molar refractivity (Wildman–Crippen MR) is 82.0 cm³/mol. The van der Waals surface area contributed by atoms with E-state index in [0.29, 0.717) is 6.42 Å². The van der Waals surface area contributed by atoms with Gasteiger partial charge in [0.25, 0.3) is 0 Å². The quantitative estimate of drug-likeness (QED) is 0.935. The first kappa shape index (κ1) is 14.8. The topological polar surface area (TPSA) is 63.3 Å². The van der Waals surface area contributed by atoms with Crippen LogP contribution in [0.3, 0.4) is 0 Å². The maximum atomic E-state index is 12.1. The highest BCUT2D eigenvalue weighted by Crippen LogP contribution is 2.30. The summed E-state index contributed by atoms with van der Waals surface area (Å²) in [5.41, 5.74) is 1.15. The first-order valence-corrected chi connectivity index (χ1v) is 7.57. The number of hydrogen-bond donors (Lipinski definition) is 1. The summed E-state index contributed by atoms with van der Waals surface area (Å²) >= 11 is 0. The van der Waals surface area contributed by atoms with Gasteiger partial charge in [0.05, 0.1) is 6.26 Å². The number of hydrogen-bond acceptors (Lipinski definition) is 4. The van der Waals surface area contributed by atoms with Crippen molar-refractivity contribution in [3.05, 3.63) is 41.9 Å². The van der Waals surface area contributed by atoms with Gasteiger partial charge in [-0.2, -0.15) is 0 Å². The average molecular weight is 302 g/mol. The Hall–Kier alpha value is -2.08. The number of rotatable bonds is 4. The molecular weight excluding hydrogens is 280 g/mol. The third-order valence-electron chi connectivity index (χ3n) is 4.50. The Morgan fingerprint density at radius 2 is 2.27 bits per heavy atom. The predicted octanol–water partition coefficient (Wildman–Crippen LogP) is 1.77. The van der Waals surface area contributed by atoms with E-state index in [0.717, 1.165) is 30.1 Å². The molecule has 3 rings (SSSR count). The van der Waals surface area contributed by atoms with E-state index < -0.39 is 0 Å². The average Bonchev–Trinajstić information content (AvgIpc) is 3.09. The second-order valence-corrected chi connectivity index (χ2v) is 5.87. The molecular formula is C16H22N4O2. The molecule has 6 nitrogen and oxygen atoms in total. The molecule has 1 saturated heterocycles. The van der Waals surface area contributed by atoms with Crippen LogP contribution in [-0.4, -0.2) is 33.4 Å². The molecule has 0 aliphatic carbocycles. The summed E-state index contributed by atoms with van der Waals surface area (Å²) in [5.74, 6) is 2.02. The first-order chi connectivity index (χ1) is 10.6. The van der Waals surface area contributed by atoms with Gasteiger partial charge in [-0.3, -0.25) is 4.79 Å². The zero-order chi connectivity index (χ0) is 15.7. The third-order valence-corrected chi connectivity index (χ3v) is 4.50. The summed E-state index contributed by atoms with van der Waals surface area (Å²) in [6.07, 6.45) is 6.79. The Balaban J connectivity index is 1.80. The molecule has 3 heterocycles. The fourth-order valence-electron chi connectivity index (χ4n) is 3.10. The van der Waals surface area contributed by atoms with Crippen molar-refractivity contribution < 1.29 is 9.21 Å². The molecule has 1 N–H and O–H groups in total. The molecule has 0 unspecified atom stereocenters. The van der Waals surface area contributed by atoms with E-state index in [1.807, 2.05) is 42.7 Å². The van der Waals surface area contributed by atoms with E-state index in [-0.39, 0.29) is 18.0 Å². The highest BCUT2D eigenvalue weighted by Gasteiger charge is 2.36. The number of nitrogens with zero attached hydrogens (tertiary/aromatic N) is 3. The molecule has 2 atom stereocenters. The first-order valence-electron chi connectivity index (χ1n) is 7.57. The van der Waals surface area contributed by atoms with E-state index in [9.17, 15) is 4.79 Å². The molecule has 6 heteroatoms. The highest BCUT2D eigenvalue weighted by atomic mass is 16.3. The third kappa shape index (κ3) is 2.66. The van der Waals surface area contributed by atoms with Crippen LogP contribution < -0.4 is 5.32 Å². The normalized spacial score (nSPS) is 22.3. The van der Waals surface area contributed by atoms with Crippen LogP contribution in [0, 0.1) is 6.92 Å². The SMILES string of the molecule is Cc1occc1CN[C@@H]1CCC(=O)N(C)[C@H]1c1nccn1C. The molecule has 0 spiro atoms. The number of piperidine rings is 1. The minimum Gasteiger partial charge on any atom is -0.469 e. The molecule has 1 fully saturated rings. The van der Waals surface area contributed by atoms with Gasteiger partial charge < -0.3 is 19.2 Å². The van der Waals surface area contributed by atoms with Gasteiger partial charge in [0.1, 0.15) is 17.6 Å². The standard InChI is InChI=1S/C16H22N4O2/c1-11-12(6-9-22-11)10-18-13-4-5-14(21)20(3)15(13)16-17-7-8-19(16)2/h6-9,13,15,18H,4-5,10H2,1-3H3/t13-,15-/m1/s1. The van der Waals surface area contributed by atoms with Gasteiger partial charge in [0.15, 0.2) is 0 Å². The number of carbonyl (C=O) groups is 1. The van der Waals surface area contributed by atoms with Crippen molar-refractivity contribution in [1.29, 1.82) is 0 Å². The molecule has 0 saturated carbocycles. The summed E-state index contributed by atoms with van der Waals surface area (Å²) in [6.45, 7) is 2.69. The number of likely N-dealkylation sites (N-methyl/N-ethyl adjacent to an activating group) is 1. The fourth-order valence-corrected chi connectivity index (χ4v) is 3.10. The Morgan fingerprint density at radius 3 is 2.91 bits per heavy atom. The van der Waals surface area contributed by atoms with Crippen molar-refractivity contribution in [3.63, 3.8) is 0 Å². The van der Waals surface area contributed by atoms with E-state index in [4.69, 9.17) is 4.42 Å². The number of nitrogens with one attached hydrogen (secondary N) is 1. The van der Waals surface area contributed by atoms with Crippen LogP contribution >= 0.6 is 0 Å². The molecule has 2 aromatic rings. The number of aromatic nitrogens is 2. The molecule has 118 valence electrons. The summed E-state index contributed by atoms with van der Waals surface area (Å²) in [6, 6.07) is 2.11. The number of carbonyl (C=O) groups excluding carboxylic acids is 1. The lowest BCUT2D eigenvalue weighted by Crippen LogP contribution is -2.49. The summed E-state index contributed by atoms with van der Waals surface area (Å²) in [5, 5.41) is 3.57. The van der Waals surface area contributed by atoms with Gasteiger partial charge in [0.2, 0.25) is 5.91 Å². The van der Waals surface area contributed by atoms with Crippen molar-refractivity contribution >= 4 is 5.91 Å². The lowest BCUT2D eigenvalue weighted by atomic mass is 9.95. The van der Waals surface area contributed by atoms with Crippen molar-refractivity contribution in [2.45, 2.75) is 38.4 Å². The van der Waals surface area contributed by atoms with Crippen molar-refractivity contribution in [2.75, 3.05) is 7.05 Å². The summed E-state index contributed by atoms with van der Waals surface area (Å²) in [4.78, 5) is 18.3. The minimum atomic E-state index is -0.0477. The Morgan fingerprint density at radius 1 is 1.45 bits per heavy atom. The van der Waals surface area contributed by atoms with Crippen molar-refractivity contribution in [1.82, 2.24) is 19.8 Å². The fraction of sp³-hybridized carbons (Fsp3) is 0.500. The zero-order valence-corrected chi connectivity index (χ0v) is 13.2. The molecule has 2 aromatic heterocycles. The largest absolute Gasteiger partial charge is 0.469 e. The number of amides is 1. The second-order valence-electron chi connectivity index (χ2n) is 5.87. The molecule has 1 amide bonds. The minimum absolute atomic E-state index is 0.0477. The van der Waals surface area contributed by atoms with Gasteiger partial charge in [-0.05, 0) is 19.4 Å². The lowest BCUT2D eigenvalue weighted by molar-refractivity contribution is -0.136. The zero-order valence-electron chi connectivity index (χ0n) is 13.2. The highest BCUT2D eigenvalue weighted by molar-refractivity contribution is 5.77. The van der Waals surface area contributed by atoms with E-state index >= 15 is 0 Å². The van der Waals surface area contributed by atoms with Crippen LogP contribution in [0.4, 0.5) is 0 Å². The van der Waals surface area contributed by atoms with E-state index in [2.05, 4.69) is 10.3 Å². The van der Waals surface area contributed by atoms with E-state index in [1.54, 1.807) is 12.5 Å².